The SMILES string of the molecule is CN[C@@H](C)C(=O)O[C@H]1CC(=O)N(C)c2cc(cc(OC)c2Cl)C/C(C)=C/C=C/[C@@H](C=N)[C@@]2(O)C[C@H](OC(=O)N2)[C@@H](C)[C@@H]2O[C@@]12C. The van der Waals surface area contributed by atoms with Crippen molar-refractivity contribution in [1.29, 1.82) is 5.41 Å². The second-order valence-electron chi connectivity index (χ2n) is 12.3. The number of ether oxygens (including phenoxy) is 4. The highest BCUT2D eigenvalue weighted by Crippen LogP contribution is 2.49. The van der Waals surface area contributed by atoms with Gasteiger partial charge in [-0.15, -0.1) is 0 Å². The van der Waals surface area contributed by atoms with E-state index in [9.17, 15) is 19.5 Å². The minimum atomic E-state index is -1.80. The quantitative estimate of drug-likeness (QED) is 0.213. The Morgan fingerprint density at radius 2 is 2.07 bits per heavy atom. The number of carbonyl (C=O) groups is 3. The molecule has 3 aliphatic rings. The highest BCUT2D eigenvalue weighted by molar-refractivity contribution is 6.35. The maximum atomic E-state index is 13.8. The first-order valence-electron chi connectivity index (χ1n) is 14.9. The van der Waals surface area contributed by atoms with Crippen LogP contribution in [0.4, 0.5) is 10.5 Å². The van der Waals surface area contributed by atoms with Crippen LogP contribution in [0.5, 0.6) is 5.75 Å². The molecule has 45 heavy (non-hydrogen) atoms. The van der Waals surface area contributed by atoms with Crippen LogP contribution in [0.15, 0.2) is 35.9 Å². The van der Waals surface area contributed by atoms with Crippen LogP contribution in [0.1, 0.15) is 46.1 Å². The van der Waals surface area contributed by atoms with Crippen molar-refractivity contribution in [3.05, 3.63) is 46.5 Å². The zero-order valence-corrected chi connectivity index (χ0v) is 27.4. The highest BCUT2D eigenvalue weighted by atomic mass is 35.5. The van der Waals surface area contributed by atoms with Crippen LogP contribution in [0.2, 0.25) is 5.02 Å². The van der Waals surface area contributed by atoms with Gasteiger partial charge in [0.1, 0.15) is 34.6 Å². The molecule has 4 N–H and O–H groups in total. The maximum Gasteiger partial charge on any atom is 0.409 e. The highest BCUT2D eigenvalue weighted by Gasteiger charge is 2.64. The molecule has 0 radical (unpaired) electrons. The van der Waals surface area contributed by atoms with Crippen molar-refractivity contribution >= 4 is 41.5 Å². The summed E-state index contributed by atoms with van der Waals surface area (Å²) in [6.45, 7) is 7.12. The van der Waals surface area contributed by atoms with E-state index < -0.39 is 59.6 Å². The van der Waals surface area contributed by atoms with Crippen LogP contribution < -0.4 is 20.3 Å². The number of rotatable bonds is 5. The number of allylic oxidation sites excluding steroid dienone is 3. The minimum Gasteiger partial charge on any atom is -0.495 e. The number of fused-ring (bicyclic) bond motifs is 5. The third-order valence-corrected chi connectivity index (χ3v) is 9.41. The van der Waals surface area contributed by atoms with Crippen molar-refractivity contribution in [2.24, 2.45) is 11.8 Å². The average Bonchev–Trinajstić information content (AvgIpc) is 3.69. The van der Waals surface area contributed by atoms with Gasteiger partial charge in [0.15, 0.2) is 5.72 Å². The number of nitrogens with one attached hydrogen (secondary N) is 3. The van der Waals surface area contributed by atoms with Gasteiger partial charge in [-0.2, -0.15) is 0 Å². The van der Waals surface area contributed by atoms with Crippen molar-refractivity contribution in [2.75, 3.05) is 26.1 Å². The lowest BCUT2D eigenvalue weighted by Crippen LogP contribution is -2.61. The number of methoxy groups -OCH3 is 1. The Morgan fingerprint density at radius 3 is 2.71 bits per heavy atom. The molecule has 0 aromatic heterocycles. The topological polar surface area (TPSA) is 163 Å². The lowest BCUT2D eigenvalue weighted by atomic mass is 9.81. The zero-order valence-electron chi connectivity index (χ0n) is 26.7. The lowest BCUT2D eigenvalue weighted by Gasteiger charge is -2.41. The summed E-state index contributed by atoms with van der Waals surface area (Å²) in [6.07, 6.45) is 3.29. The van der Waals surface area contributed by atoms with E-state index in [1.165, 1.54) is 12.0 Å². The molecule has 0 spiro atoms. The molecule has 12 nitrogen and oxygen atoms in total. The van der Waals surface area contributed by atoms with Crippen LogP contribution in [0.3, 0.4) is 0 Å². The Kier molecular flexibility index (Phi) is 10.3. The summed E-state index contributed by atoms with van der Waals surface area (Å²) in [5, 5.41) is 25.2. The van der Waals surface area contributed by atoms with Crippen LogP contribution in [0.25, 0.3) is 0 Å². The second kappa shape index (κ2) is 13.5. The number of nitrogens with zero attached hydrogens (tertiary/aromatic N) is 1. The number of hydrogen-bond donors (Lipinski definition) is 4. The molecule has 246 valence electrons. The van der Waals surface area contributed by atoms with Crippen molar-refractivity contribution in [1.82, 2.24) is 10.6 Å². The summed E-state index contributed by atoms with van der Waals surface area (Å²) in [5.41, 5.74) is -0.723. The first-order chi connectivity index (χ1) is 21.2. The van der Waals surface area contributed by atoms with E-state index in [1.807, 2.05) is 19.9 Å². The standard InChI is InChI=1S/C32H43ClN4O8/c1-17-9-8-10-21(16-34)32(41)15-24(43-30(40)36-32)18(2)28-31(4,45-28)25(44-29(39)19(3)35-5)14-26(38)37(6)22-12-20(11-17)13-23(42-7)27(22)33/h8-10,12-13,16,18-19,21,24-25,28,34-35,41H,11,14-15H2,1-7H3,(H,36,40)/b10-8+,17-9+,34-16?/t18-,19+,21+,24+,25+,28+,31+,32+/m1/s1. The summed E-state index contributed by atoms with van der Waals surface area (Å²) in [6, 6.07) is 2.95. The van der Waals surface area contributed by atoms with Gasteiger partial charge in [0.05, 0.1) is 31.2 Å². The second-order valence-corrected chi connectivity index (χ2v) is 12.6. The van der Waals surface area contributed by atoms with Crippen LogP contribution in [-0.4, -0.2) is 86.2 Å². The summed E-state index contributed by atoms with van der Waals surface area (Å²) in [4.78, 5) is 40.9. The summed E-state index contributed by atoms with van der Waals surface area (Å²) in [5.74, 6) is -1.88. The molecule has 0 unspecified atom stereocenters. The predicted molar refractivity (Wildman–Crippen MR) is 169 cm³/mol. The van der Waals surface area contributed by atoms with E-state index in [0.717, 1.165) is 17.4 Å². The van der Waals surface area contributed by atoms with Gasteiger partial charge in [-0.3, -0.25) is 14.9 Å². The number of likely N-dealkylation sites (N-methyl/N-ethyl adjacent to an activating group) is 1. The fourth-order valence-electron chi connectivity index (χ4n) is 5.94. The van der Waals surface area contributed by atoms with Gasteiger partial charge < -0.3 is 39.7 Å². The van der Waals surface area contributed by atoms with Gasteiger partial charge in [-0.25, -0.2) is 4.79 Å². The number of benzene rings is 1. The van der Waals surface area contributed by atoms with Crippen LogP contribution in [0, 0.1) is 17.2 Å². The molecule has 3 aliphatic heterocycles. The van der Waals surface area contributed by atoms with Gasteiger partial charge in [-0.1, -0.05) is 42.3 Å². The Hall–Kier alpha value is -3.45. The Morgan fingerprint density at radius 1 is 1.36 bits per heavy atom. The molecule has 2 saturated heterocycles. The molecule has 1 aromatic rings. The number of esters is 1. The number of carbonyl (C=O) groups excluding carboxylic acids is 3. The Balaban J connectivity index is 1.80. The predicted octanol–water partition coefficient (Wildman–Crippen LogP) is 3.53. The van der Waals surface area contributed by atoms with Gasteiger partial charge in [-0.05, 0) is 51.9 Å². The van der Waals surface area contributed by atoms with Gasteiger partial charge >= 0.3 is 12.1 Å². The van der Waals surface area contributed by atoms with Crippen LogP contribution >= 0.6 is 11.6 Å². The third kappa shape index (κ3) is 7.19. The van der Waals surface area contributed by atoms with Gasteiger partial charge in [0, 0.05) is 25.6 Å². The molecule has 4 rings (SSSR count). The minimum absolute atomic E-state index is 0.0318. The molecule has 1 aromatic carbocycles. The molecule has 4 bridgehead atoms. The molecule has 2 fully saturated rings. The van der Waals surface area contributed by atoms with Crippen molar-refractivity contribution in [3.63, 3.8) is 0 Å². The fourth-order valence-corrected chi connectivity index (χ4v) is 6.25. The van der Waals surface area contributed by atoms with Crippen molar-refractivity contribution < 1.29 is 38.4 Å². The molecule has 2 amide bonds. The molecule has 13 heteroatoms. The van der Waals surface area contributed by atoms with Gasteiger partial charge in [0.2, 0.25) is 5.91 Å². The smallest absolute Gasteiger partial charge is 0.409 e. The largest absolute Gasteiger partial charge is 0.495 e. The number of halogens is 1. The number of amides is 2. The Labute approximate surface area is 268 Å². The maximum absolute atomic E-state index is 13.8. The van der Waals surface area contributed by atoms with E-state index in [2.05, 4.69) is 10.6 Å². The summed E-state index contributed by atoms with van der Waals surface area (Å²) < 4.78 is 23.2. The number of anilines is 1. The fraction of sp³-hybridized carbons (Fsp3) is 0.562. The number of aliphatic hydroxyl groups is 1. The Bertz CT molecular complexity index is 1400. The first kappa shape index (κ1) is 34.4. The van der Waals surface area contributed by atoms with Crippen molar-refractivity contribution in [3.8, 4) is 5.75 Å². The molecular formula is C32H43ClN4O8. The van der Waals surface area contributed by atoms with Gasteiger partial charge in [0.25, 0.3) is 0 Å². The molecule has 8 atom stereocenters. The van der Waals surface area contributed by atoms with E-state index in [0.29, 0.717) is 17.9 Å². The van der Waals surface area contributed by atoms with E-state index in [1.54, 1.807) is 52.2 Å². The average molecular weight is 647 g/mol. The summed E-state index contributed by atoms with van der Waals surface area (Å²) in [7, 11) is 4.72. The first-order valence-corrected chi connectivity index (χ1v) is 15.3. The number of epoxide rings is 1. The van der Waals surface area contributed by atoms with E-state index >= 15 is 0 Å². The number of hydrogen-bond acceptors (Lipinski definition) is 10. The molecule has 0 aliphatic carbocycles. The van der Waals surface area contributed by atoms with Crippen LogP contribution in [-0.2, 0) is 30.2 Å². The molecule has 0 saturated carbocycles. The zero-order chi connectivity index (χ0) is 33.3. The number of alkyl carbamates (subject to hydrolysis) is 1. The summed E-state index contributed by atoms with van der Waals surface area (Å²) >= 11 is 6.69. The van der Waals surface area contributed by atoms with E-state index in [4.69, 9.17) is 36.0 Å². The third-order valence-electron chi connectivity index (χ3n) is 9.03. The normalized spacial score (nSPS) is 34.6. The molecule has 3 heterocycles. The monoisotopic (exact) mass is 646 g/mol. The lowest BCUT2D eigenvalue weighted by molar-refractivity contribution is -0.155. The molecular weight excluding hydrogens is 604 g/mol. The van der Waals surface area contributed by atoms with E-state index in [-0.39, 0.29) is 23.8 Å². The van der Waals surface area contributed by atoms with Crippen molar-refractivity contribution in [2.45, 2.75) is 82.6 Å².